The Morgan fingerprint density at radius 3 is 3.04 bits per heavy atom. The highest BCUT2D eigenvalue weighted by atomic mass is 32.2. The number of aliphatic hydroxyl groups is 1. The third-order valence-electron chi connectivity index (χ3n) is 4.54. The molecule has 27 heavy (non-hydrogen) atoms. The van der Waals surface area contributed by atoms with Gasteiger partial charge >= 0.3 is 0 Å². The van der Waals surface area contributed by atoms with Gasteiger partial charge in [0.05, 0.1) is 25.1 Å². The first-order valence-corrected chi connectivity index (χ1v) is 9.73. The summed E-state index contributed by atoms with van der Waals surface area (Å²) in [5.41, 5.74) is 2.25. The summed E-state index contributed by atoms with van der Waals surface area (Å²) in [6.07, 6.45) is 3.35. The van der Waals surface area contributed by atoms with Gasteiger partial charge in [-0.15, -0.1) is 0 Å². The first kappa shape index (κ1) is 17.7. The Bertz CT molecular complexity index is 1040. The molecule has 2 aromatic heterocycles. The van der Waals surface area contributed by atoms with Crippen LogP contribution in [-0.2, 0) is 17.8 Å². The van der Waals surface area contributed by atoms with Gasteiger partial charge in [0.1, 0.15) is 5.39 Å². The maximum atomic E-state index is 12.7. The second-order valence-electron chi connectivity index (χ2n) is 6.27. The molecule has 2 N–H and O–H groups in total. The highest BCUT2D eigenvalue weighted by Crippen LogP contribution is 2.27. The summed E-state index contributed by atoms with van der Waals surface area (Å²) in [4.78, 5) is 33.8. The fraction of sp³-hybridized carbons (Fsp3) is 0.333. The number of fused-ring (bicyclic) bond motifs is 2. The van der Waals surface area contributed by atoms with Gasteiger partial charge in [-0.1, -0.05) is 30.0 Å². The maximum Gasteiger partial charge on any atom is 0.262 e. The van der Waals surface area contributed by atoms with E-state index in [4.69, 9.17) is 5.11 Å². The Kier molecular flexibility index (Phi) is 4.95. The molecule has 0 aliphatic carbocycles. The first-order chi connectivity index (χ1) is 13.2. The largest absolute Gasteiger partial charge is 0.394 e. The zero-order valence-electron chi connectivity index (χ0n) is 14.6. The predicted octanol–water partition coefficient (Wildman–Crippen LogP) is 1.18. The van der Waals surface area contributed by atoms with Gasteiger partial charge in [-0.2, -0.15) is 5.10 Å². The van der Waals surface area contributed by atoms with Crippen LogP contribution in [0.1, 0.15) is 12.0 Å². The van der Waals surface area contributed by atoms with Crippen LogP contribution >= 0.6 is 11.8 Å². The van der Waals surface area contributed by atoms with Gasteiger partial charge < -0.3 is 15.0 Å². The SMILES string of the molecule is O=C(CSc1nc2c(cnn2CCO)c(=O)[nH]1)N1CCCc2ccccc21. The molecule has 140 valence electrons. The van der Waals surface area contributed by atoms with Crippen molar-refractivity contribution in [1.29, 1.82) is 0 Å². The average Bonchev–Trinajstić information content (AvgIpc) is 3.09. The molecule has 0 bridgehead atoms. The third kappa shape index (κ3) is 3.47. The van der Waals surface area contributed by atoms with Crippen molar-refractivity contribution in [3.63, 3.8) is 0 Å². The normalized spacial score (nSPS) is 13.7. The zero-order chi connectivity index (χ0) is 18.8. The average molecular weight is 385 g/mol. The van der Waals surface area contributed by atoms with Crippen molar-refractivity contribution in [3.8, 4) is 0 Å². The van der Waals surface area contributed by atoms with Crippen molar-refractivity contribution in [2.24, 2.45) is 0 Å². The van der Waals surface area contributed by atoms with E-state index < -0.39 is 0 Å². The number of hydrogen-bond acceptors (Lipinski definition) is 6. The summed E-state index contributed by atoms with van der Waals surface area (Å²) >= 11 is 1.19. The van der Waals surface area contributed by atoms with Crippen LogP contribution < -0.4 is 10.5 Å². The van der Waals surface area contributed by atoms with E-state index in [1.165, 1.54) is 28.2 Å². The van der Waals surface area contributed by atoms with Crippen molar-refractivity contribution in [2.45, 2.75) is 24.5 Å². The van der Waals surface area contributed by atoms with Crippen molar-refractivity contribution < 1.29 is 9.90 Å². The summed E-state index contributed by atoms with van der Waals surface area (Å²) < 4.78 is 1.48. The molecule has 1 aromatic carbocycles. The first-order valence-electron chi connectivity index (χ1n) is 8.75. The van der Waals surface area contributed by atoms with Crippen molar-refractivity contribution in [2.75, 3.05) is 23.8 Å². The van der Waals surface area contributed by atoms with E-state index in [-0.39, 0.29) is 30.4 Å². The molecular formula is C18H19N5O3S. The van der Waals surface area contributed by atoms with Gasteiger partial charge in [0.25, 0.3) is 5.56 Å². The van der Waals surface area contributed by atoms with E-state index >= 15 is 0 Å². The number of aromatic amines is 1. The number of amides is 1. The molecule has 0 atom stereocenters. The summed E-state index contributed by atoms with van der Waals surface area (Å²) in [7, 11) is 0. The Balaban J connectivity index is 1.53. The number of carbonyl (C=O) groups is 1. The number of thioether (sulfide) groups is 1. The van der Waals surface area contributed by atoms with E-state index in [9.17, 15) is 9.59 Å². The number of carbonyl (C=O) groups excluding carboxylic acids is 1. The van der Waals surface area contributed by atoms with Crippen LogP contribution in [0.4, 0.5) is 5.69 Å². The van der Waals surface area contributed by atoms with Crippen molar-refractivity contribution >= 4 is 34.4 Å². The van der Waals surface area contributed by atoms with Crippen LogP contribution in [0.5, 0.6) is 0 Å². The van der Waals surface area contributed by atoms with E-state index in [1.807, 2.05) is 18.2 Å². The number of aryl methyl sites for hydroxylation is 1. The molecule has 0 saturated carbocycles. The van der Waals surface area contributed by atoms with E-state index in [2.05, 4.69) is 21.1 Å². The summed E-state index contributed by atoms with van der Waals surface area (Å²) in [6, 6.07) is 7.95. The fourth-order valence-corrected chi connectivity index (χ4v) is 4.00. The lowest BCUT2D eigenvalue weighted by molar-refractivity contribution is -0.116. The molecule has 4 rings (SSSR count). The van der Waals surface area contributed by atoms with Crippen LogP contribution in [0.15, 0.2) is 40.4 Å². The number of anilines is 1. The number of aliphatic hydroxyl groups excluding tert-OH is 1. The number of hydrogen-bond donors (Lipinski definition) is 2. The Morgan fingerprint density at radius 1 is 1.33 bits per heavy atom. The molecule has 1 aliphatic heterocycles. The summed E-state index contributed by atoms with van der Waals surface area (Å²) in [5, 5.41) is 13.9. The van der Waals surface area contributed by atoms with E-state index in [1.54, 1.807) is 4.90 Å². The van der Waals surface area contributed by atoms with Gasteiger partial charge in [0.15, 0.2) is 10.8 Å². The van der Waals surface area contributed by atoms with Crippen LogP contribution in [0, 0.1) is 0 Å². The third-order valence-corrected chi connectivity index (χ3v) is 5.40. The lowest BCUT2D eigenvalue weighted by atomic mass is 10.0. The summed E-state index contributed by atoms with van der Waals surface area (Å²) in [6.45, 7) is 0.858. The van der Waals surface area contributed by atoms with Crippen molar-refractivity contribution in [1.82, 2.24) is 19.7 Å². The smallest absolute Gasteiger partial charge is 0.262 e. The molecular weight excluding hydrogens is 366 g/mol. The number of rotatable bonds is 5. The molecule has 0 fully saturated rings. The van der Waals surface area contributed by atoms with Gasteiger partial charge in [0.2, 0.25) is 5.91 Å². The van der Waals surface area contributed by atoms with Crippen molar-refractivity contribution in [3.05, 3.63) is 46.4 Å². The molecule has 1 amide bonds. The van der Waals surface area contributed by atoms with Crippen LogP contribution in [0.3, 0.4) is 0 Å². The lowest BCUT2D eigenvalue weighted by Gasteiger charge is -2.29. The second-order valence-corrected chi connectivity index (χ2v) is 7.23. The van der Waals surface area contributed by atoms with Crippen LogP contribution in [0.25, 0.3) is 11.0 Å². The number of H-pyrrole nitrogens is 1. The Labute approximate surface area is 159 Å². The van der Waals surface area contributed by atoms with Gasteiger partial charge in [-0.25, -0.2) is 9.67 Å². The monoisotopic (exact) mass is 385 g/mol. The Morgan fingerprint density at radius 2 is 2.19 bits per heavy atom. The van der Waals surface area contributed by atoms with E-state index in [0.29, 0.717) is 22.7 Å². The second kappa shape index (κ2) is 7.53. The molecule has 3 heterocycles. The number of benzene rings is 1. The highest BCUT2D eigenvalue weighted by molar-refractivity contribution is 7.99. The predicted molar refractivity (Wildman–Crippen MR) is 103 cm³/mol. The fourth-order valence-electron chi connectivity index (χ4n) is 3.27. The number of aromatic nitrogens is 4. The summed E-state index contributed by atoms with van der Waals surface area (Å²) in [5.74, 6) is 0.162. The minimum Gasteiger partial charge on any atom is -0.394 e. The van der Waals surface area contributed by atoms with E-state index in [0.717, 1.165) is 18.5 Å². The minimum atomic E-state index is -0.303. The standard InChI is InChI=1S/C18H19N5O3S/c24-9-8-23-16-13(10-19-23)17(26)21-18(20-16)27-11-15(25)22-7-3-5-12-4-1-2-6-14(12)22/h1-2,4,6,10,24H,3,5,7-9,11H2,(H,20,21,26). The zero-order valence-corrected chi connectivity index (χ0v) is 15.4. The highest BCUT2D eigenvalue weighted by Gasteiger charge is 2.22. The number of nitrogens with one attached hydrogen (secondary N) is 1. The quantitative estimate of drug-likeness (QED) is 0.505. The van der Waals surface area contributed by atoms with Gasteiger partial charge in [0, 0.05) is 12.2 Å². The molecule has 0 spiro atoms. The topological polar surface area (TPSA) is 104 Å². The van der Waals surface area contributed by atoms with Crippen LogP contribution in [0.2, 0.25) is 0 Å². The number of para-hydroxylation sites is 1. The maximum absolute atomic E-state index is 12.7. The molecule has 0 radical (unpaired) electrons. The molecule has 3 aromatic rings. The molecule has 0 unspecified atom stereocenters. The molecule has 9 heteroatoms. The van der Waals surface area contributed by atoms with Gasteiger partial charge in [-0.3, -0.25) is 9.59 Å². The Hall–Kier alpha value is -2.65. The lowest BCUT2D eigenvalue weighted by Crippen LogP contribution is -2.36. The van der Waals surface area contributed by atoms with Gasteiger partial charge in [-0.05, 0) is 24.5 Å². The number of nitrogens with zero attached hydrogens (tertiary/aromatic N) is 4. The molecule has 8 nitrogen and oxygen atoms in total. The molecule has 1 aliphatic rings. The molecule has 0 saturated heterocycles. The minimum absolute atomic E-state index is 0.0150. The van der Waals surface area contributed by atoms with Crippen LogP contribution in [-0.4, -0.2) is 49.7 Å².